The fraction of sp³-hybridized carbons (Fsp3) is 0.346. The lowest BCUT2D eigenvalue weighted by molar-refractivity contribution is 0.0557. The van der Waals surface area contributed by atoms with E-state index in [9.17, 15) is 10.4 Å². The summed E-state index contributed by atoms with van der Waals surface area (Å²) in [4.78, 5) is 2.15. The molecule has 37 heavy (non-hydrogen) atoms. The molecule has 11 heteroatoms. The molecular formula is C26H25BrCl2N4O4. The number of ether oxygens (including phenoxy) is 1. The van der Waals surface area contributed by atoms with Gasteiger partial charge in [-0.3, -0.25) is 0 Å². The van der Waals surface area contributed by atoms with E-state index >= 15 is 0 Å². The van der Waals surface area contributed by atoms with Gasteiger partial charge in [-0.2, -0.15) is 5.26 Å². The zero-order valence-electron chi connectivity index (χ0n) is 20.0. The number of aliphatic hydroxyl groups excluding tert-OH is 1. The molecule has 0 saturated carbocycles. The molecule has 0 unspecified atom stereocenters. The zero-order valence-corrected chi connectivity index (χ0v) is 23.2. The number of aliphatic hydroxyl groups is 1. The number of benzene rings is 2. The minimum absolute atomic E-state index is 0. The van der Waals surface area contributed by atoms with Crippen molar-refractivity contribution in [3.63, 3.8) is 0 Å². The molecule has 5 rings (SSSR count). The first kappa shape index (κ1) is 27.4. The van der Waals surface area contributed by atoms with Crippen LogP contribution in [0.15, 0.2) is 51.3 Å². The highest BCUT2D eigenvalue weighted by molar-refractivity contribution is 8.93. The molecule has 1 N–H and O–H groups in total. The van der Waals surface area contributed by atoms with Crippen LogP contribution in [0.1, 0.15) is 24.3 Å². The number of aryl methyl sites for hydroxylation is 1. The number of piperidine rings is 1. The van der Waals surface area contributed by atoms with Crippen LogP contribution in [0, 0.1) is 18.3 Å². The number of β-amino-alcohol motifs (C(OH)–C–C–N with tert-alkyl or cyclic N) is 1. The van der Waals surface area contributed by atoms with Crippen molar-refractivity contribution in [2.45, 2.75) is 31.3 Å². The highest BCUT2D eigenvalue weighted by atomic mass is 79.9. The van der Waals surface area contributed by atoms with E-state index in [1.54, 1.807) is 25.1 Å². The van der Waals surface area contributed by atoms with Gasteiger partial charge in [-0.1, -0.05) is 35.3 Å². The summed E-state index contributed by atoms with van der Waals surface area (Å²) in [5, 5.41) is 30.1. The smallest absolute Gasteiger partial charge is 0.283 e. The van der Waals surface area contributed by atoms with Crippen molar-refractivity contribution in [3.05, 3.63) is 64.0 Å². The number of hydrogen-bond donors (Lipinski definition) is 1. The molecule has 1 aliphatic rings. The molecule has 3 heterocycles. The summed E-state index contributed by atoms with van der Waals surface area (Å²) in [5.41, 5.74) is 0.891. The molecule has 0 aliphatic carbocycles. The Morgan fingerprint density at radius 3 is 2.59 bits per heavy atom. The van der Waals surface area contributed by atoms with Crippen molar-refractivity contribution in [2.75, 3.05) is 26.2 Å². The van der Waals surface area contributed by atoms with E-state index in [1.807, 2.05) is 24.3 Å². The lowest BCUT2D eigenvalue weighted by Gasteiger charge is -2.38. The second-order valence-electron chi connectivity index (χ2n) is 8.99. The van der Waals surface area contributed by atoms with Crippen LogP contribution in [-0.2, 0) is 5.41 Å². The standard InChI is InChI=1S/C26H24Cl2N4O4.BrH/c1-16-30-31-25(35-16)24-12-19-22(3-2-4-23(19)36-24)34-14-18(33)13-32-9-7-26(15-29,8-10-32)17-5-6-20(27)21(28)11-17;/h2-6,11-12,18,33H,7-10,13-14H2,1H3;1H/t18-;/m0./s1. The van der Waals surface area contributed by atoms with E-state index in [1.165, 1.54) is 0 Å². The molecule has 194 valence electrons. The Hall–Kier alpha value is -2.61. The maximum absolute atomic E-state index is 10.7. The first-order chi connectivity index (χ1) is 17.4. The van der Waals surface area contributed by atoms with E-state index in [-0.39, 0.29) is 23.6 Å². The Kier molecular flexibility index (Phi) is 8.46. The lowest BCUT2D eigenvalue weighted by Crippen LogP contribution is -2.45. The molecule has 1 atom stereocenters. The van der Waals surface area contributed by atoms with Gasteiger partial charge in [0, 0.05) is 32.6 Å². The fourth-order valence-electron chi connectivity index (χ4n) is 4.57. The third-order valence-corrected chi connectivity index (χ3v) is 7.29. The molecule has 0 spiro atoms. The predicted molar refractivity (Wildman–Crippen MR) is 145 cm³/mol. The summed E-state index contributed by atoms with van der Waals surface area (Å²) in [7, 11) is 0. The Morgan fingerprint density at radius 1 is 1.14 bits per heavy atom. The number of fused-ring (bicyclic) bond motifs is 1. The van der Waals surface area contributed by atoms with Crippen LogP contribution in [0.5, 0.6) is 5.75 Å². The Morgan fingerprint density at radius 2 is 1.92 bits per heavy atom. The Labute approximate surface area is 234 Å². The van der Waals surface area contributed by atoms with Gasteiger partial charge in [-0.15, -0.1) is 27.2 Å². The predicted octanol–water partition coefficient (Wildman–Crippen LogP) is 5.97. The van der Waals surface area contributed by atoms with Crippen molar-refractivity contribution >= 4 is 51.2 Å². The number of furan rings is 1. The van der Waals surface area contributed by atoms with Gasteiger partial charge in [0.2, 0.25) is 5.89 Å². The van der Waals surface area contributed by atoms with Gasteiger partial charge in [0.1, 0.15) is 24.0 Å². The molecule has 0 amide bonds. The second-order valence-corrected chi connectivity index (χ2v) is 9.81. The molecule has 8 nitrogen and oxygen atoms in total. The lowest BCUT2D eigenvalue weighted by atomic mass is 9.74. The number of nitriles is 1. The maximum Gasteiger partial charge on any atom is 0.283 e. The minimum atomic E-state index is -0.704. The van der Waals surface area contributed by atoms with E-state index in [0.717, 1.165) is 10.9 Å². The quantitative estimate of drug-likeness (QED) is 0.274. The van der Waals surface area contributed by atoms with Crippen LogP contribution in [-0.4, -0.2) is 52.5 Å². The van der Waals surface area contributed by atoms with Gasteiger partial charge in [-0.25, -0.2) is 0 Å². The molecule has 1 aliphatic heterocycles. The monoisotopic (exact) mass is 606 g/mol. The minimum Gasteiger partial charge on any atom is -0.490 e. The molecule has 2 aromatic heterocycles. The van der Waals surface area contributed by atoms with Crippen molar-refractivity contribution in [1.82, 2.24) is 15.1 Å². The van der Waals surface area contributed by atoms with Crippen molar-refractivity contribution in [3.8, 4) is 23.5 Å². The molecule has 4 aromatic rings. The number of halogens is 3. The maximum atomic E-state index is 10.7. The number of likely N-dealkylation sites (tertiary alicyclic amines) is 1. The van der Waals surface area contributed by atoms with E-state index in [0.29, 0.717) is 71.4 Å². The van der Waals surface area contributed by atoms with Gasteiger partial charge in [-0.05, 0) is 42.7 Å². The summed E-state index contributed by atoms with van der Waals surface area (Å²) in [6.45, 7) is 3.62. The van der Waals surface area contributed by atoms with Crippen LogP contribution in [0.3, 0.4) is 0 Å². The van der Waals surface area contributed by atoms with E-state index in [2.05, 4.69) is 21.2 Å². The molecular weight excluding hydrogens is 583 g/mol. The highest BCUT2D eigenvalue weighted by Gasteiger charge is 2.37. The Bertz CT molecular complexity index is 1430. The summed E-state index contributed by atoms with van der Waals surface area (Å²) >= 11 is 12.2. The number of rotatable bonds is 7. The number of nitrogens with zero attached hydrogens (tertiary/aromatic N) is 4. The fourth-order valence-corrected chi connectivity index (χ4v) is 4.87. The van der Waals surface area contributed by atoms with Gasteiger partial charge < -0.3 is 23.6 Å². The van der Waals surface area contributed by atoms with Crippen LogP contribution in [0.4, 0.5) is 0 Å². The molecule has 2 aromatic carbocycles. The zero-order chi connectivity index (χ0) is 25.3. The molecule has 0 bridgehead atoms. The normalized spacial score (nSPS) is 16.2. The molecule has 1 saturated heterocycles. The average molecular weight is 608 g/mol. The first-order valence-corrected chi connectivity index (χ1v) is 12.4. The third kappa shape index (κ3) is 5.79. The summed E-state index contributed by atoms with van der Waals surface area (Å²) < 4.78 is 17.2. The molecule has 1 fully saturated rings. The number of aromatic nitrogens is 2. The summed E-state index contributed by atoms with van der Waals surface area (Å²) in [6, 6.07) is 15.2. The van der Waals surface area contributed by atoms with Crippen LogP contribution in [0.2, 0.25) is 10.0 Å². The Balaban J connectivity index is 0.00000320. The van der Waals surface area contributed by atoms with Gasteiger partial charge in [0.25, 0.3) is 5.89 Å². The van der Waals surface area contributed by atoms with E-state index < -0.39 is 11.5 Å². The first-order valence-electron chi connectivity index (χ1n) is 11.6. The van der Waals surface area contributed by atoms with Crippen LogP contribution >= 0.6 is 40.2 Å². The van der Waals surface area contributed by atoms with Gasteiger partial charge in [0.05, 0.1) is 26.9 Å². The second kappa shape index (κ2) is 11.4. The largest absolute Gasteiger partial charge is 0.490 e. The molecule has 0 radical (unpaired) electrons. The van der Waals surface area contributed by atoms with Crippen LogP contribution < -0.4 is 4.74 Å². The topological polar surface area (TPSA) is 109 Å². The summed E-state index contributed by atoms with van der Waals surface area (Å²) in [6.07, 6.45) is 0.576. The average Bonchev–Trinajstić information content (AvgIpc) is 3.51. The van der Waals surface area contributed by atoms with E-state index in [4.69, 9.17) is 36.8 Å². The number of hydrogen-bond acceptors (Lipinski definition) is 8. The van der Waals surface area contributed by atoms with Gasteiger partial charge >= 0.3 is 0 Å². The van der Waals surface area contributed by atoms with Gasteiger partial charge in [0.15, 0.2) is 5.76 Å². The van der Waals surface area contributed by atoms with Crippen molar-refractivity contribution in [1.29, 1.82) is 5.26 Å². The van der Waals surface area contributed by atoms with Crippen LogP contribution in [0.25, 0.3) is 22.6 Å². The highest BCUT2D eigenvalue weighted by Crippen LogP contribution is 2.38. The van der Waals surface area contributed by atoms with Crippen molar-refractivity contribution < 1.29 is 18.7 Å². The van der Waals surface area contributed by atoms with Crippen molar-refractivity contribution in [2.24, 2.45) is 0 Å². The third-order valence-electron chi connectivity index (χ3n) is 6.55. The summed E-state index contributed by atoms with van der Waals surface area (Å²) in [5.74, 6) is 1.80. The SMILES string of the molecule is Br.Cc1nnc(-c2cc3c(OC[C@@H](O)CN4CCC(C#N)(c5ccc(Cl)c(Cl)c5)CC4)cccc3o2)o1.